The van der Waals surface area contributed by atoms with Crippen molar-refractivity contribution in [2.45, 2.75) is 25.7 Å². The van der Waals surface area contributed by atoms with Crippen LogP contribution in [0.4, 0.5) is 0 Å². The zero-order chi connectivity index (χ0) is 6.27. The monoisotopic (exact) mass is 142 g/mol. The van der Waals surface area contributed by atoms with Gasteiger partial charge in [-0.05, 0) is 31.1 Å². The lowest BCUT2D eigenvalue weighted by Gasteiger charge is -2.04. The summed E-state index contributed by atoms with van der Waals surface area (Å²) in [6.45, 7) is 0. The quantitative estimate of drug-likeness (QED) is 0.488. The fraction of sp³-hybridized carbons (Fsp3) is 0.750. The molecule has 0 aromatic rings. The van der Waals surface area contributed by atoms with Gasteiger partial charge < -0.3 is 0 Å². The molecule has 1 fully saturated rings. The SMILES string of the molecule is ClC1=C[C@H]2CCC[C@H]2C1. The minimum Gasteiger partial charge on any atom is -0.0895 e. The Balaban J connectivity index is 2.13. The van der Waals surface area contributed by atoms with Gasteiger partial charge in [-0.15, -0.1) is 0 Å². The molecule has 0 unspecified atom stereocenters. The van der Waals surface area contributed by atoms with Gasteiger partial charge in [-0.2, -0.15) is 0 Å². The van der Waals surface area contributed by atoms with Gasteiger partial charge in [0.05, 0.1) is 0 Å². The molecule has 1 heteroatoms. The second-order valence-electron chi connectivity index (χ2n) is 3.17. The van der Waals surface area contributed by atoms with E-state index < -0.39 is 0 Å². The zero-order valence-electron chi connectivity index (χ0n) is 5.44. The maximum absolute atomic E-state index is 5.88. The van der Waals surface area contributed by atoms with Crippen LogP contribution in [0.1, 0.15) is 25.7 Å². The van der Waals surface area contributed by atoms with Crippen LogP contribution in [0.2, 0.25) is 0 Å². The predicted molar refractivity (Wildman–Crippen MR) is 39.4 cm³/mol. The van der Waals surface area contributed by atoms with Crippen molar-refractivity contribution >= 4 is 11.6 Å². The number of fused-ring (bicyclic) bond motifs is 1. The van der Waals surface area contributed by atoms with Crippen molar-refractivity contribution in [2.75, 3.05) is 0 Å². The van der Waals surface area contributed by atoms with Crippen molar-refractivity contribution in [3.63, 3.8) is 0 Å². The summed E-state index contributed by atoms with van der Waals surface area (Å²) in [4.78, 5) is 0. The molecule has 2 aliphatic rings. The highest BCUT2D eigenvalue weighted by molar-refractivity contribution is 6.29. The summed E-state index contributed by atoms with van der Waals surface area (Å²) >= 11 is 5.88. The van der Waals surface area contributed by atoms with Crippen molar-refractivity contribution in [2.24, 2.45) is 11.8 Å². The summed E-state index contributed by atoms with van der Waals surface area (Å²) in [5.41, 5.74) is 0. The van der Waals surface area contributed by atoms with Crippen molar-refractivity contribution in [3.05, 3.63) is 11.1 Å². The minimum absolute atomic E-state index is 0.859. The lowest BCUT2D eigenvalue weighted by Crippen LogP contribution is -1.96. The molecule has 0 saturated heterocycles. The van der Waals surface area contributed by atoms with Crippen molar-refractivity contribution in [1.29, 1.82) is 0 Å². The highest BCUT2D eigenvalue weighted by Gasteiger charge is 2.30. The third-order valence-electron chi connectivity index (χ3n) is 2.57. The molecule has 0 amide bonds. The number of allylic oxidation sites excluding steroid dienone is 2. The summed E-state index contributed by atoms with van der Waals surface area (Å²) in [6.07, 6.45) is 7.67. The summed E-state index contributed by atoms with van der Waals surface area (Å²) in [6, 6.07) is 0. The molecule has 0 spiro atoms. The molecule has 9 heavy (non-hydrogen) atoms. The van der Waals surface area contributed by atoms with E-state index in [0.717, 1.165) is 16.9 Å². The smallest absolute Gasteiger partial charge is 0.0147 e. The lowest BCUT2D eigenvalue weighted by molar-refractivity contribution is 0.494. The van der Waals surface area contributed by atoms with E-state index in [9.17, 15) is 0 Å². The molecule has 0 radical (unpaired) electrons. The van der Waals surface area contributed by atoms with E-state index in [4.69, 9.17) is 11.6 Å². The molecule has 1 saturated carbocycles. The molecule has 0 heterocycles. The average molecular weight is 143 g/mol. The third-order valence-corrected chi connectivity index (χ3v) is 2.85. The molecule has 2 aliphatic carbocycles. The van der Waals surface area contributed by atoms with E-state index in [1.165, 1.54) is 25.7 Å². The zero-order valence-corrected chi connectivity index (χ0v) is 6.19. The Morgan fingerprint density at radius 3 is 3.11 bits per heavy atom. The topological polar surface area (TPSA) is 0 Å². The number of hydrogen-bond donors (Lipinski definition) is 0. The van der Waals surface area contributed by atoms with Crippen LogP contribution in [0.15, 0.2) is 11.1 Å². The van der Waals surface area contributed by atoms with E-state index in [0.29, 0.717) is 0 Å². The first-order chi connectivity index (χ1) is 4.36. The molecular formula is C8H11Cl. The fourth-order valence-electron chi connectivity index (χ4n) is 2.09. The summed E-state index contributed by atoms with van der Waals surface area (Å²) in [5.74, 6) is 1.79. The fourth-order valence-corrected chi connectivity index (χ4v) is 2.45. The van der Waals surface area contributed by atoms with Crippen LogP contribution in [0.3, 0.4) is 0 Å². The van der Waals surface area contributed by atoms with Gasteiger partial charge in [-0.3, -0.25) is 0 Å². The Morgan fingerprint density at radius 1 is 1.44 bits per heavy atom. The maximum Gasteiger partial charge on any atom is 0.0147 e. The van der Waals surface area contributed by atoms with Gasteiger partial charge in [0, 0.05) is 5.03 Å². The van der Waals surface area contributed by atoms with Gasteiger partial charge in [0.25, 0.3) is 0 Å². The summed E-state index contributed by atoms with van der Waals surface area (Å²) < 4.78 is 0. The highest BCUT2D eigenvalue weighted by atomic mass is 35.5. The van der Waals surface area contributed by atoms with Crippen LogP contribution in [-0.4, -0.2) is 0 Å². The second-order valence-corrected chi connectivity index (χ2v) is 3.66. The Labute approximate surface area is 60.9 Å². The van der Waals surface area contributed by atoms with Crippen LogP contribution < -0.4 is 0 Å². The number of halogens is 1. The molecular weight excluding hydrogens is 132 g/mol. The molecule has 0 N–H and O–H groups in total. The molecule has 50 valence electrons. The van der Waals surface area contributed by atoms with E-state index in [2.05, 4.69) is 6.08 Å². The van der Waals surface area contributed by atoms with E-state index in [1.807, 2.05) is 0 Å². The van der Waals surface area contributed by atoms with Crippen LogP contribution in [0, 0.1) is 11.8 Å². The average Bonchev–Trinajstić information content (AvgIpc) is 2.22. The standard InChI is InChI=1S/C8H11Cl/c9-8-4-6-2-1-3-7(6)5-8/h4,6-7H,1-3,5H2/t6-,7+/m1/s1. The molecule has 0 nitrogen and oxygen atoms in total. The Kier molecular flexibility index (Phi) is 1.30. The molecule has 0 aromatic carbocycles. The van der Waals surface area contributed by atoms with E-state index in [1.54, 1.807) is 0 Å². The lowest BCUT2D eigenvalue weighted by atomic mass is 10.0. The first kappa shape index (κ1) is 5.79. The van der Waals surface area contributed by atoms with Gasteiger partial charge in [0.2, 0.25) is 0 Å². The van der Waals surface area contributed by atoms with Gasteiger partial charge in [-0.1, -0.05) is 24.1 Å². The Hall–Kier alpha value is 0.0300. The molecule has 2 rings (SSSR count). The molecule has 0 aromatic heterocycles. The van der Waals surface area contributed by atoms with Crippen LogP contribution in [0.25, 0.3) is 0 Å². The maximum atomic E-state index is 5.88. The highest BCUT2D eigenvalue weighted by Crippen LogP contribution is 2.43. The van der Waals surface area contributed by atoms with Gasteiger partial charge >= 0.3 is 0 Å². The second kappa shape index (κ2) is 2.02. The molecule has 2 atom stereocenters. The van der Waals surface area contributed by atoms with E-state index >= 15 is 0 Å². The van der Waals surface area contributed by atoms with Crippen LogP contribution in [0.5, 0.6) is 0 Å². The van der Waals surface area contributed by atoms with Crippen molar-refractivity contribution < 1.29 is 0 Å². The van der Waals surface area contributed by atoms with Crippen molar-refractivity contribution in [3.8, 4) is 0 Å². The first-order valence-electron chi connectivity index (χ1n) is 3.72. The van der Waals surface area contributed by atoms with Gasteiger partial charge in [-0.25, -0.2) is 0 Å². The van der Waals surface area contributed by atoms with Crippen LogP contribution in [-0.2, 0) is 0 Å². The molecule has 0 bridgehead atoms. The van der Waals surface area contributed by atoms with Gasteiger partial charge in [0.15, 0.2) is 0 Å². The largest absolute Gasteiger partial charge is 0.0895 e. The summed E-state index contributed by atoms with van der Waals surface area (Å²) in [7, 11) is 0. The predicted octanol–water partition coefficient (Wildman–Crippen LogP) is 2.93. The third kappa shape index (κ3) is 0.898. The molecule has 0 aliphatic heterocycles. The van der Waals surface area contributed by atoms with Gasteiger partial charge in [0.1, 0.15) is 0 Å². The number of rotatable bonds is 0. The Morgan fingerprint density at radius 2 is 2.33 bits per heavy atom. The summed E-state index contributed by atoms with van der Waals surface area (Å²) in [5, 5.41) is 1.12. The van der Waals surface area contributed by atoms with Crippen molar-refractivity contribution in [1.82, 2.24) is 0 Å². The Bertz CT molecular complexity index is 149. The minimum atomic E-state index is 0.859. The van der Waals surface area contributed by atoms with E-state index in [-0.39, 0.29) is 0 Å². The first-order valence-corrected chi connectivity index (χ1v) is 4.10. The normalized spacial score (nSPS) is 40.8. The van der Waals surface area contributed by atoms with Crippen LogP contribution >= 0.6 is 11.6 Å². The number of hydrogen-bond acceptors (Lipinski definition) is 0.